The van der Waals surface area contributed by atoms with Crippen molar-refractivity contribution in [3.05, 3.63) is 0 Å². The van der Waals surface area contributed by atoms with Crippen molar-refractivity contribution in [3.63, 3.8) is 0 Å². The first-order chi connectivity index (χ1) is 8.83. The molecule has 0 radical (unpaired) electrons. The summed E-state index contributed by atoms with van der Waals surface area (Å²) in [5.74, 6) is 0. The highest BCUT2D eigenvalue weighted by Crippen LogP contribution is 2.57. The third kappa shape index (κ3) is 2.87. The Morgan fingerprint density at radius 2 is 2.17 bits per heavy atom. The topological polar surface area (TPSA) is 50.7 Å². The van der Waals surface area contributed by atoms with Gasteiger partial charge in [0.1, 0.15) is 0 Å². The van der Waals surface area contributed by atoms with Gasteiger partial charge in [-0.2, -0.15) is 0 Å². The van der Waals surface area contributed by atoms with Crippen molar-refractivity contribution in [3.8, 4) is 0 Å². The molecule has 2 saturated carbocycles. The van der Waals surface area contributed by atoms with Gasteiger partial charge in [0.25, 0.3) is 0 Å². The summed E-state index contributed by atoms with van der Waals surface area (Å²) in [6.07, 6.45) is 6.71. The standard InChI is InChI=1S/C14H27NO3/c1-2-18-13-11-12(14(13)5-3-6-14)15-7-4-9-17-10-8-16/h12-13,15-16H,2-11H2,1H3. The van der Waals surface area contributed by atoms with Gasteiger partial charge in [0, 0.05) is 24.7 Å². The number of ether oxygens (including phenoxy) is 2. The molecule has 0 aromatic carbocycles. The number of rotatable bonds is 9. The Morgan fingerprint density at radius 1 is 1.33 bits per heavy atom. The minimum atomic E-state index is 0.120. The van der Waals surface area contributed by atoms with Gasteiger partial charge >= 0.3 is 0 Å². The van der Waals surface area contributed by atoms with Gasteiger partial charge in [0.15, 0.2) is 0 Å². The highest BCUT2D eigenvalue weighted by Gasteiger charge is 2.58. The molecule has 0 aromatic heterocycles. The van der Waals surface area contributed by atoms with Crippen LogP contribution in [0.4, 0.5) is 0 Å². The Balaban J connectivity index is 1.59. The van der Waals surface area contributed by atoms with Crippen LogP contribution < -0.4 is 5.32 Å². The van der Waals surface area contributed by atoms with Crippen LogP contribution in [0.25, 0.3) is 0 Å². The number of aliphatic hydroxyl groups excluding tert-OH is 1. The zero-order chi connectivity index (χ0) is 12.8. The van der Waals surface area contributed by atoms with E-state index in [0.717, 1.165) is 26.2 Å². The second kappa shape index (κ2) is 6.85. The average molecular weight is 257 g/mol. The van der Waals surface area contributed by atoms with Crippen molar-refractivity contribution in [1.82, 2.24) is 5.32 Å². The fourth-order valence-electron chi connectivity index (χ4n) is 3.34. The largest absolute Gasteiger partial charge is 0.394 e. The summed E-state index contributed by atoms with van der Waals surface area (Å²) in [5.41, 5.74) is 0.460. The molecule has 2 fully saturated rings. The molecule has 2 atom stereocenters. The van der Waals surface area contributed by atoms with Gasteiger partial charge in [-0.25, -0.2) is 0 Å². The number of hydrogen-bond donors (Lipinski definition) is 2. The molecule has 2 rings (SSSR count). The SMILES string of the molecule is CCOC1CC(NCCCOCCO)C12CCC2. The van der Waals surface area contributed by atoms with Crippen LogP contribution in [0.15, 0.2) is 0 Å². The second-order valence-corrected chi connectivity index (χ2v) is 5.46. The highest BCUT2D eigenvalue weighted by atomic mass is 16.5. The summed E-state index contributed by atoms with van der Waals surface area (Å²) in [6.45, 7) is 5.26. The van der Waals surface area contributed by atoms with Gasteiger partial charge in [0.2, 0.25) is 0 Å². The van der Waals surface area contributed by atoms with Crippen LogP contribution in [-0.4, -0.2) is 50.2 Å². The third-order valence-electron chi connectivity index (χ3n) is 4.53. The molecule has 1 spiro atoms. The van der Waals surface area contributed by atoms with Crippen LogP contribution in [0.3, 0.4) is 0 Å². The van der Waals surface area contributed by atoms with Gasteiger partial charge in [-0.3, -0.25) is 0 Å². The van der Waals surface area contributed by atoms with Gasteiger partial charge in [-0.1, -0.05) is 6.42 Å². The van der Waals surface area contributed by atoms with E-state index in [1.165, 1.54) is 25.7 Å². The molecular formula is C14H27NO3. The van der Waals surface area contributed by atoms with Gasteiger partial charge in [-0.05, 0) is 39.2 Å². The van der Waals surface area contributed by atoms with E-state index in [4.69, 9.17) is 14.6 Å². The molecule has 4 nitrogen and oxygen atoms in total. The fourth-order valence-corrected chi connectivity index (χ4v) is 3.34. The third-order valence-corrected chi connectivity index (χ3v) is 4.53. The monoisotopic (exact) mass is 257 g/mol. The quantitative estimate of drug-likeness (QED) is 0.612. The molecule has 0 heterocycles. The van der Waals surface area contributed by atoms with Crippen molar-refractivity contribution in [2.75, 3.05) is 33.0 Å². The lowest BCUT2D eigenvalue weighted by molar-refractivity contribution is -0.172. The lowest BCUT2D eigenvalue weighted by Crippen LogP contribution is -2.67. The minimum absolute atomic E-state index is 0.120. The number of aliphatic hydroxyl groups is 1. The maximum Gasteiger partial charge on any atom is 0.0697 e. The van der Waals surface area contributed by atoms with Crippen molar-refractivity contribution >= 4 is 0 Å². The van der Waals surface area contributed by atoms with E-state index >= 15 is 0 Å². The molecule has 2 N–H and O–H groups in total. The molecule has 18 heavy (non-hydrogen) atoms. The Bertz CT molecular complexity index is 243. The van der Waals surface area contributed by atoms with E-state index in [1.54, 1.807) is 0 Å². The number of hydrogen-bond acceptors (Lipinski definition) is 4. The zero-order valence-electron chi connectivity index (χ0n) is 11.5. The molecular weight excluding hydrogens is 230 g/mol. The fraction of sp³-hybridized carbons (Fsp3) is 1.00. The summed E-state index contributed by atoms with van der Waals surface area (Å²) in [4.78, 5) is 0. The maximum absolute atomic E-state index is 8.59. The Kier molecular flexibility index (Phi) is 5.42. The van der Waals surface area contributed by atoms with E-state index in [2.05, 4.69) is 12.2 Å². The summed E-state index contributed by atoms with van der Waals surface area (Å²) >= 11 is 0. The predicted molar refractivity (Wildman–Crippen MR) is 70.6 cm³/mol. The first-order valence-electron chi connectivity index (χ1n) is 7.37. The first-order valence-corrected chi connectivity index (χ1v) is 7.37. The van der Waals surface area contributed by atoms with Crippen LogP contribution in [0.5, 0.6) is 0 Å². The molecule has 2 aliphatic rings. The molecule has 4 heteroatoms. The van der Waals surface area contributed by atoms with Crippen LogP contribution in [0.2, 0.25) is 0 Å². The zero-order valence-corrected chi connectivity index (χ0v) is 11.5. The summed E-state index contributed by atoms with van der Waals surface area (Å²) < 4.78 is 11.1. The molecule has 0 aromatic rings. The lowest BCUT2D eigenvalue weighted by atomic mass is 9.51. The van der Waals surface area contributed by atoms with Crippen LogP contribution in [0, 0.1) is 5.41 Å². The summed E-state index contributed by atoms with van der Waals surface area (Å²) in [7, 11) is 0. The highest BCUT2D eigenvalue weighted by molar-refractivity contribution is 5.11. The molecule has 2 aliphatic carbocycles. The number of nitrogens with one attached hydrogen (secondary N) is 1. The van der Waals surface area contributed by atoms with Crippen LogP contribution >= 0.6 is 0 Å². The van der Waals surface area contributed by atoms with Crippen molar-refractivity contribution in [2.45, 2.75) is 51.2 Å². The minimum Gasteiger partial charge on any atom is -0.394 e. The van der Waals surface area contributed by atoms with E-state index in [0.29, 0.717) is 24.2 Å². The first kappa shape index (κ1) is 14.3. The summed E-state index contributed by atoms with van der Waals surface area (Å²) in [6, 6.07) is 0.653. The van der Waals surface area contributed by atoms with Gasteiger partial charge < -0.3 is 19.9 Å². The van der Waals surface area contributed by atoms with Gasteiger partial charge in [0.05, 0.1) is 19.3 Å². The molecule has 0 amide bonds. The molecule has 106 valence electrons. The smallest absolute Gasteiger partial charge is 0.0697 e. The van der Waals surface area contributed by atoms with Gasteiger partial charge in [-0.15, -0.1) is 0 Å². The Hall–Kier alpha value is -0.160. The van der Waals surface area contributed by atoms with E-state index in [-0.39, 0.29) is 6.61 Å². The molecule has 0 aliphatic heterocycles. The molecule has 0 saturated heterocycles. The molecule has 0 bridgehead atoms. The van der Waals surface area contributed by atoms with Crippen LogP contribution in [0.1, 0.15) is 39.0 Å². The normalized spacial score (nSPS) is 29.0. The molecule has 2 unspecified atom stereocenters. The van der Waals surface area contributed by atoms with Crippen molar-refractivity contribution in [2.24, 2.45) is 5.41 Å². The summed E-state index contributed by atoms with van der Waals surface area (Å²) in [5, 5.41) is 12.2. The Labute approximate surface area is 110 Å². The lowest BCUT2D eigenvalue weighted by Gasteiger charge is -2.61. The average Bonchev–Trinajstić information content (AvgIpc) is 2.28. The second-order valence-electron chi connectivity index (χ2n) is 5.46. The van der Waals surface area contributed by atoms with E-state index < -0.39 is 0 Å². The maximum atomic E-state index is 8.59. The Morgan fingerprint density at radius 3 is 2.78 bits per heavy atom. The van der Waals surface area contributed by atoms with E-state index in [9.17, 15) is 0 Å². The van der Waals surface area contributed by atoms with Crippen molar-refractivity contribution in [1.29, 1.82) is 0 Å². The van der Waals surface area contributed by atoms with E-state index in [1.807, 2.05) is 0 Å². The van der Waals surface area contributed by atoms with Crippen molar-refractivity contribution < 1.29 is 14.6 Å². The predicted octanol–water partition coefficient (Wildman–Crippen LogP) is 1.32. The van der Waals surface area contributed by atoms with Crippen LogP contribution in [-0.2, 0) is 9.47 Å².